The third-order valence-electron chi connectivity index (χ3n) is 4.09. The van der Waals surface area contributed by atoms with Crippen molar-refractivity contribution in [2.75, 3.05) is 0 Å². The summed E-state index contributed by atoms with van der Waals surface area (Å²) in [6, 6.07) is 11.6. The maximum atomic E-state index is 13.0. The lowest BCUT2D eigenvalue weighted by Gasteiger charge is -2.40. The van der Waals surface area contributed by atoms with Gasteiger partial charge in [0, 0.05) is 17.2 Å². The van der Waals surface area contributed by atoms with Gasteiger partial charge in [-0.3, -0.25) is 0 Å². The first kappa shape index (κ1) is 20.8. The number of halogens is 2. The molecule has 150 valence electrons. The number of aliphatic hydroxyl groups excluding tert-OH is 2. The van der Waals surface area contributed by atoms with Crippen LogP contribution < -0.4 is 9.47 Å². The average Bonchev–Trinajstić information content (AvgIpc) is 2.67. The van der Waals surface area contributed by atoms with E-state index < -0.39 is 36.5 Å². The van der Waals surface area contributed by atoms with E-state index in [0.29, 0.717) is 10.8 Å². The highest BCUT2D eigenvalue weighted by atomic mass is 35.5. The molecule has 5 atom stereocenters. The lowest BCUT2D eigenvalue weighted by atomic mass is 10.00. The zero-order valence-corrected chi connectivity index (χ0v) is 16.3. The topological polar surface area (TPSA) is 77.4 Å². The first-order chi connectivity index (χ1) is 13.3. The summed E-state index contributed by atoms with van der Waals surface area (Å²) in [5.74, 6) is 0.248. The molecule has 2 N–H and O–H groups in total. The van der Waals surface area contributed by atoms with Crippen molar-refractivity contribution in [3.05, 3.63) is 59.4 Å². The van der Waals surface area contributed by atoms with E-state index >= 15 is 0 Å². The van der Waals surface area contributed by atoms with Gasteiger partial charge in [-0.05, 0) is 55.5 Å². The van der Waals surface area contributed by atoms with Crippen molar-refractivity contribution < 1.29 is 33.6 Å². The summed E-state index contributed by atoms with van der Waals surface area (Å²) in [5, 5.41) is 21.1. The lowest BCUT2D eigenvalue weighted by molar-refractivity contribution is -0.266. The fourth-order valence-corrected chi connectivity index (χ4v) is 2.95. The molecule has 1 saturated heterocycles. The summed E-state index contributed by atoms with van der Waals surface area (Å²) in [6.07, 6.45) is -5.61. The molecular formula is C19H18ClFO6S. The summed E-state index contributed by atoms with van der Waals surface area (Å²) >= 11 is 10.9. The molecule has 0 spiro atoms. The molecule has 1 fully saturated rings. The Bertz CT molecular complexity index is 803. The van der Waals surface area contributed by atoms with Gasteiger partial charge in [0.2, 0.25) is 6.29 Å². The van der Waals surface area contributed by atoms with Crippen molar-refractivity contribution >= 4 is 29.1 Å². The molecule has 0 saturated carbocycles. The van der Waals surface area contributed by atoms with Crippen LogP contribution in [0.5, 0.6) is 11.5 Å². The molecule has 0 amide bonds. The van der Waals surface area contributed by atoms with Crippen molar-refractivity contribution in [3.8, 4) is 11.5 Å². The van der Waals surface area contributed by atoms with E-state index in [1.54, 1.807) is 31.2 Å². The fraction of sp³-hybridized carbons (Fsp3) is 0.316. The van der Waals surface area contributed by atoms with Gasteiger partial charge in [0.15, 0.2) is 12.2 Å². The van der Waals surface area contributed by atoms with Crippen LogP contribution in [-0.4, -0.2) is 46.2 Å². The van der Waals surface area contributed by atoms with Crippen molar-refractivity contribution in [3.63, 3.8) is 0 Å². The van der Waals surface area contributed by atoms with Crippen LogP contribution in [0.3, 0.4) is 0 Å². The Balaban J connectivity index is 1.66. The van der Waals surface area contributed by atoms with Crippen LogP contribution in [0, 0.1) is 5.82 Å². The predicted octanol–water partition coefficient (Wildman–Crippen LogP) is 3.07. The summed E-state index contributed by atoms with van der Waals surface area (Å²) in [6.45, 7) is 1.59. The standard InChI is InChI=1S/C19H18ClFO6S/c1-10-15(22)17(27-19(28)26-14-6-2-11(20)3-7-14)16(23)18(24-10)25-13-8-4-12(21)5-9-13/h2-10,15-18,22-23H,1H3/t10-,15-,16+,17+,18-/m0/s1. The van der Waals surface area contributed by atoms with Crippen LogP contribution in [0.2, 0.25) is 5.02 Å². The lowest BCUT2D eigenvalue weighted by Crippen LogP contribution is -2.59. The zero-order chi connectivity index (χ0) is 20.3. The zero-order valence-electron chi connectivity index (χ0n) is 14.7. The van der Waals surface area contributed by atoms with E-state index in [4.69, 9.17) is 42.8 Å². The largest absolute Gasteiger partial charge is 0.462 e. The van der Waals surface area contributed by atoms with E-state index in [0.717, 1.165) is 0 Å². The second kappa shape index (κ2) is 9.02. The molecule has 1 aliphatic rings. The number of hydrogen-bond acceptors (Lipinski definition) is 7. The van der Waals surface area contributed by atoms with Crippen molar-refractivity contribution in [1.29, 1.82) is 0 Å². The Morgan fingerprint density at radius 1 is 1.04 bits per heavy atom. The Morgan fingerprint density at radius 3 is 2.29 bits per heavy atom. The molecule has 2 aromatic rings. The molecule has 28 heavy (non-hydrogen) atoms. The molecule has 0 unspecified atom stereocenters. The van der Waals surface area contributed by atoms with Gasteiger partial charge in [-0.1, -0.05) is 11.6 Å². The first-order valence-corrected chi connectivity index (χ1v) is 9.20. The van der Waals surface area contributed by atoms with Gasteiger partial charge in [0.1, 0.15) is 23.4 Å². The van der Waals surface area contributed by atoms with Crippen molar-refractivity contribution in [2.45, 2.75) is 37.6 Å². The molecule has 0 aromatic heterocycles. The highest BCUT2D eigenvalue weighted by Crippen LogP contribution is 2.27. The fourth-order valence-electron chi connectivity index (χ4n) is 2.61. The molecule has 0 aliphatic carbocycles. The highest BCUT2D eigenvalue weighted by Gasteiger charge is 2.46. The average molecular weight is 429 g/mol. The Kier molecular flexibility index (Phi) is 6.69. The van der Waals surface area contributed by atoms with Gasteiger partial charge in [0.25, 0.3) is 0 Å². The van der Waals surface area contributed by atoms with Gasteiger partial charge in [-0.25, -0.2) is 4.39 Å². The number of aliphatic hydroxyl groups is 2. The van der Waals surface area contributed by atoms with Gasteiger partial charge in [0.05, 0.1) is 6.10 Å². The van der Waals surface area contributed by atoms with E-state index in [2.05, 4.69) is 0 Å². The summed E-state index contributed by atoms with van der Waals surface area (Å²) in [7, 11) is 0. The number of hydrogen-bond donors (Lipinski definition) is 2. The van der Waals surface area contributed by atoms with E-state index in [9.17, 15) is 14.6 Å². The second-order valence-corrected chi connectivity index (χ2v) is 6.92. The normalized spacial score (nSPS) is 27.1. The number of rotatable bonds is 4. The van der Waals surface area contributed by atoms with Crippen LogP contribution in [0.25, 0.3) is 0 Å². The van der Waals surface area contributed by atoms with E-state index in [1.165, 1.54) is 24.3 Å². The third-order valence-corrected chi connectivity index (χ3v) is 4.53. The van der Waals surface area contributed by atoms with Crippen LogP contribution in [-0.2, 0) is 9.47 Å². The van der Waals surface area contributed by atoms with Crippen molar-refractivity contribution in [1.82, 2.24) is 0 Å². The molecule has 1 heterocycles. The SMILES string of the molecule is C[C@@H]1O[C@@H](Oc2ccc(F)cc2)[C@H](O)[C@H](OC(=S)Oc2ccc(Cl)cc2)[C@H]1O. The smallest absolute Gasteiger partial charge is 0.358 e. The number of thiocarbonyl (C=S) groups is 1. The molecule has 3 rings (SSSR count). The summed E-state index contributed by atoms with van der Waals surface area (Å²) < 4.78 is 34.9. The van der Waals surface area contributed by atoms with E-state index in [1.807, 2.05) is 0 Å². The second-order valence-electron chi connectivity index (χ2n) is 6.15. The molecule has 0 radical (unpaired) electrons. The predicted molar refractivity (Wildman–Crippen MR) is 103 cm³/mol. The minimum absolute atomic E-state index is 0.285. The minimum atomic E-state index is -1.39. The molecule has 0 bridgehead atoms. The minimum Gasteiger partial charge on any atom is -0.462 e. The number of benzene rings is 2. The van der Waals surface area contributed by atoms with Crippen molar-refractivity contribution in [2.24, 2.45) is 0 Å². The van der Waals surface area contributed by atoms with Gasteiger partial charge in [-0.15, -0.1) is 0 Å². The maximum absolute atomic E-state index is 13.0. The molecule has 6 nitrogen and oxygen atoms in total. The Morgan fingerprint density at radius 2 is 1.64 bits per heavy atom. The Labute approximate surface area is 171 Å². The monoisotopic (exact) mass is 428 g/mol. The highest BCUT2D eigenvalue weighted by molar-refractivity contribution is 7.79. The molecular weight excluding hydrogens is 411 g/mol. The first-order valence-electron chi connectivity index (χ1n) is 8.41. The van der Waals surface area contributed by atoms with Gasteiger partial charge >= 0.3 is 5.24 Å². The third kappa shape index (κ3) is 5.09. The van der Waals surface area contributed by atoms with Crippen LogP contribution in [0.4, 0.5) is 4.39 Å². The molecule has 2 aromatic carbocycles. The molecule has 1 aliphatic heterocycles. The van der Waals surface area contributed by atoms with E-state index in [-0.39, 0.29) is 11.0 Å². The van der Waals surface area contributed by atoms with Gasteiger partial charge in [-0.2, -0.15) is 0 Å². The van der Waals surface area contributed by atoms with Gasteiger partial charge < -0.3 is 29.2 Å². The summed E-state index contributed by atoms with van der Waals surface area (Å²) in [4.78, 5) is 0. The van der Waals surface area contributed by atoms with Crippen LogP contribution in [0.1, 0.15) is 6.92 Å². The molecule has 9 heteroatoms. The van der Waals surface area contributed by atoms with Crippen LogP contribution in [0.15, 0.2) is 48.5 Å². The summed E-state index contributed by atoms with van der Waals surface area (Å²) in [5.41, 5.74) is 0. The quantitative estimate of drug-likeness (QED) is 0.724. The number of ether oxygens (including phenoxy) is 4. The van der Waals surface area contributed by atoms with Crippen LogP contribution >= 0.6 is 23.8 Å². The maximum Gasteiger partial charge on any atom is 0.358 e. The Hall–Kier alpha value is -1.97.